The van der Waals surface area contributed by atoms with E-state index in [1.807, 2.05) is 0 Å². The highest BCUT2D eigenvalue weighted by Gasteiger charge is 2.38. The number of dihydropyridines is 1. The molecule has 1 aliphatic heterocycles. The third kappa shape index (κ3) is 4.89. The summed E-state index contributed by atoms with van der Waals surface area (Å²) in [7, 11) is 0. The Labute approximate surface area is 193 Å². The lowest BCUT2D eigenvalue weighted by atomic mass is 9.81. The lowest BCUT2D eigenvalue weighted by molar-refractivity contribution is -0.138. The largest absolute Gasteiger partial charge is 0.611 e. The molecule has 0 amide bonds. The number of pyridine rings is 1. The summed E-state index contributed by atoms with van der Waals surface area (Å²) in [6.45, 7) is 3.56. The Hall–Kier alpha value is -2.50. The molecular weight excluding hydrogens is 457 g/mol. The van der Waals surface area contributed by atoms with Gasteiger partial charge in [-0.3, -0.25) is 4.98 Å². The Balaban J connectivity index is 2.17. The second-order valence-electron chi connectivity index (χ2n) is 6.64. The molecule has 1 aliphatic rings. The van der Waals surface area contributed by atoms with Gasteiger partial charge in [-0.15, -0.1) is 0 Å². The fourth-order valence-electron chi connectivity index (χ4n) is 3.37. The summed E-state index contributed by atoms with van der Waals surface area (Å²) in [5.41, 5.74) is 1.95. The molecule has 160 valence electrons. The second kappa shape index (κ2) is 10.2. The molecule has 31 heavy (non-hydrogen) atoms. The van der Waals surface area contributed by atoms with E-state index in [4.69, 9.17) is 27.9 Å². The van der Waals surface area contributed by atoms with Gasteiger partial charge in [0.15, 0.2) is 10.6 Å². The van der Waals surface area contributed by atoms with E-state index in [0.29, 0.717) is 32.4 Å². The molecule has 9 heteroatoms. The molecule has 6 nitrogen and oxygen atoms in total. The van der Waals surface area contributed by atoms with Gasteiger partial charge >= 0.3 is 5.97 Å². The Bertz CT molecular complexity index is 1100. The van der Waals surface area contributed by atoms with Crippen molar-refractivity contribution in [1.29, 1.82) is 5.26 Å². The lowest BCUT2D eigenvalue weighted by Gasteiger charge is -2.30. The van der Waals surface area contributed by atoms with Crippen molar-refractivity contribution in [2.75, 3.05) is 12.4 Å². The predicted molar refractivity (Wildman–Crippen MR) is 120 cm³/mol. The number of ether oxygens (including phenoxy) is 1. The van der Waals surface area contributed by atoms with Crippen LogP contribution in [0.2, 0.25) is 10.0 Å². The van der Waals surface area contributed by atoms with E-state index in [1.54, 1.807) is 56.6 Å². The fraction of sp³-hybridized carbons (Fsp3) is 0.227. The molecule has 3 rings (SSSR count). The molecule has 0 spiro atoms. The second-order valence-corrected chi connectivity index (χ2v) is 8.87. The SMILES string of the molecule is CCOC(=O)C1=C(C[S+]([O-])c2ccncc2)NC(C)=C(C#N)C1c1cccc(Cl)c1Cl. The van der Waals surface area contributed by atoms with Crippen molar-refractivity contribution in [1.82, 2.24) is 10.3 Å². The molecule has 2 aromatic rings. The van der Waals surface area contributed by atoms with Gasteiger partial charge in [-0.25, -0.2) is 4.79 Å². The van der Waals surface area contributed by atoms with Gasteiger partial charge in [0.1, 0.15) is 0 Å². The van der Waals surface area contributed by atoms with E-state index in [-0.39, 0.29) is 23.0 Å². The van der Waals surface area contributed by atoms with Crippen LogP contribution in [0.25, 0.3) is 0 Å². The number of rotatable bonds is 6. The Kier molecular flexibility index (Phi) is 7.63. The summed E-state index contributed by atoms with van der Waals surface area (Å²) in [4.78, 5) is 17.5. The summed E-state index contributed by atoms with van der Waals surface area (Å²) in [5, 5.41) is 13.5. The summed E-state index contributed by atoms with van der Waals surface area (Å²) < 4.78 is 18.3. The number of esters is 1. The molecular formula is C22H19Cl2N3O3S. The van der Waals surface area contributed by atoms with E-state index in [0.717, 1.165) is 0 Å². The minimum Gasteiger partial charge on any atom is -0.611 e. The minimum atomic E-state index is -1.46. The molecule has 1 aromatic heterocycles. The number of nitriles is 1. The van der Waals surface area contributed by atoms with E-state index in [1.165, 1.54) is 0 Å². The highest BCUT2D eigenvalue weighted by molar-refractivity contribution is 7.91. The number of aromatic nitrogens is 1. The third-order valence-corrected chi connectivity index (χ3v) is 6.92. The Morgan fingerprint density at radius 2 is 2.03 bits per heavy atom. The minimum absolute atomic E-state index is 0.0168. The van der Waals surface area contributed by atoms with Gasteiger partial charge in [-0.05, 0) is 36.7 Å². The van der Waals surface area contributed by atoms with E-state index in [9.17, 15) is 14.6 Å². The van der Waals surface area contributed by atoms with Gasteiger partial charge in [0.05, 0.1) is 45.5 Å². The summed E-state index contributed by atoms with van der Waals surface area (Å²) in [6, 6.07) is 10.5. The van der Waals surface area contributed by atoms with Crippen molar-refractivity contribution in [3.63, 3.8) is 0 Å². The number of nitrogens with one attached hydrogen (secondary N) is 1. The number of halogens is 2. The first kappa shape index (κ1) is 23.2. The Morgan fingerprint density at radius 3 is 2.68 bits per heavy atom. The van der Waals surface area contributed by atoms with Crippen molar-refractivity contribution >= 4 is 40.3 Å². The number of nitrogens with zero attached hydrogens (tertiary/aromatic N) is 2. The van der Waals surface area contributed by atoms with Crippen LogP contribution < -0.4 is 5.32 Å². The Morgan fingerprint density at radius 1 is 1.32 bits per heavy atom. The van der Waals surface area contributed by atoms with Crippen LogP contribution in [-0.4, -0.2) is 27.9 Å². The molecule has 0 bridgehead atoms. The van der Waals surface area contributed by atoms with Crippen LogP contribution in [0, 0.1) is 11.3 Å². The van der Waals surface area contributed by atoms with Crippen molar-refractivity contribution in [2.24, 2.45) is 0 Å². The lowest BCUT2D eigenvalue weighted by Crippen LogP contribution is -2.33. The first-order chi connectivity index (χ1) is 14.9. The monoisotopic (exact) mass is 475 g/mol. The molecule has 0 radical (unpaired) electrons. The maximum absolute atomic E-state index is 13.0. The summed E-state index contributed by atoms with van der Waals surface area (Å²) in [5.74, 6) is -1.40. The fourth-order valence-corrected chi connectivity index (χ4v) is 4.87. The zero-order valence-corrected chi connectivity index (χ0v) is 19.1. The van der Waals surface area contributed by atoms with Gasteiger partial charge in [0.2, 0.25) is 0 Å². The molecule has 1 N–H and O–H groups in total. The molecule has 0 fully saturated rings. The zero-order valence-electron chi connectivity index (χ0n) is 16.8. The molecule has 2 atom stereocenters. The number of hydrogen-bond donors (Lipinski definition) is 1. The third-order valence-electron chi connectivity index (χ3n) is 4.74. The number of carbonyl (C=O) groups is 1. The first-order valence-electron chi connectivity index (χ1n) is 9.39. The topological polar surface area (TPSA) is 98.1 Å². The number of hydrogen-bond acceptors (Lipinski definition) is 6. The average molecular weight is 476 g/mol. The molecule has 2 unspecified atom stereocenters. The summed E-state index contributed by atoms with van der Waals surface area (Å²) in [6.07, 6.45) is 3.10. The maximum atomic E-state index is 13.0. The van der Waals surface area contributed by atoms with Crippen LogP contribution in [0.3, 0.4) is 0 Å². The number of allylic oxidation sites excluding steroid dienone is 2. The highest BCUT2D eigenvalue weighted by Crippen LogP contribution is 2.43. The average Bonchev–Trinajstić information content (AvgIpc) is 2.76. The van der Waals surface area contributed by atoms with Gasteiger partial charge < -0.3 is 14.6 Å². The standard InChI is InChI=1S/C22H19Cl2N3O3S/c1-3-30-22(28)20-18(12-31(29)14-7-9-26-10-8-14)27-13(2)16(11-25)19(20)15-5-4-6-17(23)21(15)24/h4-10,19,27H,3,12H2,1-2H3. The van der Waals surface area contributed by atoms with Crippen LogP contribution in [0.4, 0.5) is 0 Å². The van der Waals surface area contributed by atoms with Crippen LogP contribution >= 0.6 is 23.2 Å². The zero-order chi connectivity index (χ0) is 22.5. The van der Waals surface area contributed by atoms with Gasteiger partial charge in [0.25, 0.3) is 0 Å². The maximum Gasteiger partial charge on any atom is 0.336 e. The molecule has 0 saturated carbocycles. The quantitative estimate of drug-likeness (QED) is 0.487. The van der Waals surface area contributed by atoms with E-state index in [2.05, 4.69) is 16.4 Å². The van der Waals surface area contributed by atoms with Gasteiger partial charge in [-0.2, -0.15) is 5.26 Å². The highest BCUT2D eigenvalue weighted by atomic mass is 35.5. The normalized spacial score (nSPS) is 17.1. The first-order valence-corrected chi connectivity index (χ1v) is 11.5. The smallest absolute Gasteiger partial charge is 0.336 e. The van der Waals surface area contributed by atoms with Crippen LogP contribution in [-0.2, 0) is 20.7 Å². The molecule has 2 heterocycles. The molecule has 1 aromatic carbocycles. The molecule has 0 saturated heterocycles. The van der Waals surface area contributed by atoms with Crippen molar-refractivity contribution in [2.45, 2.75) is 24.7 Å². The van der Waals surface area contributed by atoms with Crippen molar-refractivity contribution < 1.29 is 14.1 Å². The van der Waals surface area contributed by atoms with Crippen LogP contribution in [0.5, 0.6) is 0 Å². The van der Waals surface area contributed by atoms with Gasteiger partial charge in [0, 0.05) is 30.2 Å². The number of carbonyl (C=O) groups excluding carboxylic acids is 1. The van der Waals surface area contributed by atoms with Crippen LogP contribution in [0.1, 0.15) is 25.3 Å². The van der Waals surface area contributed by atoms with E-state index < -0.39 is 23.1 Å². The van der Waals surface area contributed by atoms with Crippen molar-refractivity contribution in [3.05, 3.63) is 80.9 Å². The van der Waals surface area contributed by atoms with E-state index >= 15 is 0 Å². The summed E-state index contributed by atoms with van der Waals surface area (Å²) >= 11 is 11.2. The predicted octanol–water partition coefficient (Wildman–Crippen LogP) is 4.50. The van der Waals surface area contributed by atoms with Crippen LogP contribution in [0.15, 0.2) is 70.2 Å². The number of benzene rings is 1. The molecule has 0 aliphatic carbocycles. The van der Waals surface area contributed by atoms with Gasteiger partial charge in [-0.1, -0.05) is 35.3 Å². The van der Waals surface area contributed by atoms with Crippen molar-refractivity contribution in [3.8, 4) is 6.07 Å².